The van der Waals surface area contributed by atoms with Crippen LogP contribution >= 0.6 is 11.3 Å². The number of anilines is 1. The summed E-state index contributed by atoms with van der Waals surface area (Å²) in [5.41, 5.74) is 0. The standard InChI is InChI=1S/C14H25N3S/c1-4-15-9-12-10-16-14(18-12)17(3)13-8-6-5-7-11(13)2/h10-11,13,15H,4-9H2,1-3H3. The van der Waals surface area contributed by atoms with E-state index in [9.17, 15) is 0 Å². The van der Waals surface area contributed by atoms with Gasteiger partial charge in [0.25, 0.3) is 0 Å². The molecule has 2 unspecified atom stereocenters. The van der Waals surface area contributed by atoms with Crippen LogP contribution in [-0.2, 0) is 6.54 Å². The normalized spacial score (nSPS) is 24.2. The quantitative estimate of drug-likeness (QED) is 0.887. The van der Waals surface area contributed by atoms with Gasteiger partial charge >= 0.3 is 0 Å². The summed E-state index contributed by atoms with van der Waals surface area (Å²) in [6.45, 7) is 6.48. The fourth-order valence-corrected chi connectivity index (χ4v) is 3.70. The van der Waals surface area contributed by atoms with Gasteiger partial charge < -0.3 is 10.2 Å². The first-order chi connectivity index (χ1) is 8.72. The maximum Gasteiger partial charge on any atom is 0.185 e. The van der Waals surface area contributed by atoms with Crippen molar-refractivity contribution in [3.05, 3.63) is 11.1 Å². The van der Waals surface area contributed by atoms with E-state index < -0.39 is 0 Å². The summed E-state index contributed by atoms with van der Waals surface area (Å²) in [6, 6.07) is 0.678. The van der Waals surface area contributed by atoms with Crippen LogP contribution in [0.3, 0.4) is 0 Å². The Kier molecular flexibility index (Phi) is 5.01. The number of thiazole rings is 1. The lowest BCUT2D eigenvalue weighted by atomic mass is 9.85. The van der Waals surface area contributed by atoms with Gasteiger partial charge in [0.15, 0.2) is 5.13 Å². The summed E-state index contributed by atoms with van der Waals surface area (Å²) in [7, 11) is 2.21. The minimum Gasteiger partial charge on any atom is -0.348 e. The molecule has 0 bridgehead atoms. The Bertz CT molecular complexity index is 364. The van der Waals surface area contributed by atoms with E-state index in [1.165, 1.54) is 35.7 Å². The molecule has 0 saturated heterocycles. The molecule has 3 nitrogen and oxygen atoms in total. The van der Waals surface area contributed by atoms with Crippen molar-refractivity contribution < 1.29 is 0 Å². The van der Waals surface area contributed by atoms with Gasteiger partial charge in [0, 0.05) is 30.7 Å². The maximum atomic E-state index is 4.58. The molecule has 0 radical (unpaired) electrons. The van der Waals surface area contributed by atoms with Crippen molar-refractivity contribution >= 4 is 16.5 Å². The Morgan fingerprint density at radius 2 is 2.22 bits per heavy atom. The third-order valence-electron chi connectivity index (χ3n) is 3.96. The summed E-state index contributed by atoms with van der Waals surface area (Å²) in [4.78, 5) is 8.33. The third kappa shape index (κ3) is 3.23. The minimum absolute atomic E-state index is 0.678. The topological polar surface area (TPSA) is 28.2 Å². The highest BCUT2D eigenvalue weighted by Crippen LogP contribution is 2.32. The Morgan fingerprint density at radius 3 is 2.94 bits per heavy atom. The second-order valence-corrected chi connectivity index (χ2v) is 6.42. The fraction of sp³-hybridized carbons (Fsp3) is 0.786. The van der Waals surface area contributed by atoms with Gasteiger partial charge in [-0.1, -0.05) is 26.7 Å². The van der Waals surface area contributed by atoms with Crippen LogP contribution in [0.1, 0.15) is 44.4 Å². The Hall–Kier alpha value is -0.610. The first-order valence-corrected chi connectivity index (χ1v) is 7.92. The van der Waals surface area contributed by atoms with E-state index in [0.717, 1.165) is 19.0 Å². The third-order valence-corrected chi connectivity index (χ3v) is 5.04. The fourth-order valence-electron chi connectivity index (χ4n) is 2.80. The molecule has 1 heterocycles. The number of nitrogens with zero attached hydrogens (tertiary/aromatic N) is 2. The van der Waals surface area contributed by atoms with Crippen LogP contribution in [0.5, 0.6) is 0 Å². The van der Waals surface area contributed by atoms with Crippen LogP contribution in [0.25, 0.3) is 0 Å². The molecule has 0 amide bonds. The average Bonchev–Trinajstić information content (AvgIpc) is 2.85. The van der Waals surface area contributed by atoms with Crippen molar-refractivity contribution in [1.82, 2.24) is 10.3 Å². The minimum atomic E-state index is 0.678. The Labute approximate surface area is 115 Å². The van der Waals surface area contributed by atoms with Gasteiger partial charge in [-0.15, -0.1) is 11.3 Å². The predicted molar refractivity (Wildman–Crippen MR) is 79.3 cm³/mol. The molecular weight excluding hydrogens is 242 g/mol. The molecule has 1 N–H and O–H groups in total. The molecule has 1 aliphatic rings. The van der Waals surface area contributed by atoms with Crippen LogP contribution in [0.15, 0.2) is 6.20 Å². The molecule has 1 fully saturated rings. The lowest BCUT2D eigenvalue weighted by molar-refractivity contribution is 0.321. The smallest absolute Gasteiger partial charge is 0.185 e. The van der Waals surface area contributed by atoms with E-state index in [0.29, 0.717) is 6.04 Å². The second-order valence-electron chi connectivity index (χ2n) is 5.33. The molecule has 2 rings (SSSR count). The molecule has 18 heavy (non-hydrogen) atoms. The van der Waals surface area contributed by atoms with E-state index >= 15 is 0 Å². The number of hydrogen-bond donors (Lipinski definition) is 1. The molecule has 2 atom stereocenters. The highest BCUT2D eigenvalue weighted by molar-refractivity contribution is 7.15. The molecule has 0 aromatic carbocycles. The molecule has 0 spiro atoms. The van der Waals surface area contributed by atoms with E-state index in [4.69, 9.17) is 0 Å². The SMILES string of the molecule is CCNCc1cnc(N(C)C2CCCCC2C)s1. The summed E-state index contributed by atoms with van der Waals surface area (Å²) >= 11 is 1.83. The summed E-state index contributed by atoms with van der Waals surface area (Å²) in [5.74, 6) is 0.796. The molecule has 1 saturated carbocycles. The van der Waals surface area contributed by atoms with E-state index in [-0.39, 0.29) is 0 Å². The number of hydrogen-bond acceptors (Lipinski definition) is 4. The first kappa shape index (κ1) is 13.8. The average molecular weight is 267 g/mol. The largest absolute Gasteiger partial charge is 0.348 e. The van der Waals surface area contributed by atoms with Gasteiger partial charge in [-0.3, -0.25) is 0 Å². The molecule has 0 aliphatic heterocycles. The first-order valence-electron chi connectivity index (χ1n) is 7.10. The summed E-state index contributed by atoms with van der Waals surface area (Å²) < 4.78 is 0. The van der Waals surface area contributed by atoms with E-state index in [1.54, 1.807) is 0 Å². The summed E-state index contributed by atoms with van der Waals surface area (Å²) in [6.07, 6.45) is 7.47. The van der Waals surface area contributed by atoms with Gasteiger partial charge in [-0.05, 0) is 25.3 Å². The zero-order valence-electron chi connectivity index (χ0n) is 11.8. The Balaban J connectivity index is 1.99. The van der Waals surface area contributed by atoms with Crippen molar-refractivity contribution in [1.29, 1.82) is 0 Å². The molecular formula is C14H25N3S. The molecule has 102 valence electrons. The molecule has 1 aromatic rings. The predicted octanol–water partition coefficient (Wildman–Crippen LogP) is 3.27. The van der Waals surface area contributed by atoms with Gasteiger partial charge in [0.1, 0.15) is 0 Å². The zero-order chi connectivity index (χ0) is 13.0. The zero-order valence-corrected chi connectivity index (χ0v) is 12.6. The van der Waals surface area contributed by atoms with Crippen LogP contribution in [-0.4, -0.2) is 24.6 Å². The van der Waals surface area contributed by atoms with Crippen molar-refractivity contribution in [3.63, 3.8) is 0 Å². The van der Waals surface area contributed by atoms with Crippen molar-refractivity contribution in [3.8, 4) is 0 Å². The lowest BCUT2D eigenvalue weighted by Crippen LogP contribution is -2.38. The van der Waals surface area contributed by atoms with Crippen LogP contribution in [0, 0.1) is 5.92 Å². The highest BCUT2D eigenvalue weighted by atomic mass is 32.1. The van der Waals surface area contributed by atoms with Gasteiger partial charge in [0.2, 0.25) is 0 Å². The van der Waals surface area contributed by atoms with Crippen molar-refractivity contribution in [2.75, 3.05) is 18.5 Å². The second kappa shape index (κ2) is 6.53. The summed E-state index contributed by atoms with van der Waals surface area (Å²) in [5, 5.41) is 4.54. The van der Waals surface area contributed by atoms with E-state index in [2.05, 4.69) is 36.1 Å². The molecule has 1 aromatic heterocycles. The lowest BCUT2D eigenvalue weighted by Gasteiger charge is -2.36. The number of aromatic nitrogens is 1. The maximum absolute atomic E-state index is 4.58. The van der Waals surface area contributed by atoms with Crippen molar-refractivity contribution in [2.45, 2.75) is 52.1 Å². The van der Waals surface area contributed by atoms with Crippen LogP contribution in [0.4, 0.5) is 5.13 Å². The van der Waals surface area contributed by atoms with Gasteiger partial charge in [-0.25, -0.2) is 4.98 Å². The van der Waals surface area contributed by atoms with Gasteiger partial charge in [-0.2, -0.15) is 0 Å². The van der Waals surface area contributed by atoms with Crippen LogP contribution in [0.2, 0.25) is 0 Å². The van der Waals surface area contributed by atoms with Crippen LogP contribution < -0.4 is 10.2 Å². The Morgan fingerprint density at radius 1 is 1.44 bits per heavy atom. The van der Waals surface area contributed by atoms with Crippen molar-refractivity contribution in [2.24, 2.45) is 5.92 Å². The number of rotatable bonds is 5. The molecule has 1 aliphatic carbocycles. The van der Waals surface area contributed by atoms with Gasteiger partial charge in [0.05, 0.1) is 0 Å². The monoisotopic (exact) mass is 267 g/mol. The number of nitrogens with one attached hydrogen (secondary N) is 1. The van der Waals surface area contributed by atoms with E-state index in [1.807, 2.05) is 17.5 Å². The highest BCUT2D eigenvalue weighted by Gasteiger charge is 2.26. The molecule has 4 heteroatoms.